The van der Waals surface area contributed by atoms with Crippen molar-refractivity contribution in [3.8, 4) is 11.5 Å². The van der Waals surface area contributed by atoms with Crippen LogP contribution in [0.3, 0.4) is 0 Å². The van der Waals surface area contributed by atoms with Crippen molar-refractivity contribution in [3.63, 3.8) is 0 Å². The van der Waals surface area contributed by atoms with E-state index in [1.807, 2.05) is 13.0 Å². The molecule has 2 bridgehead atoms. The van der Waals surface area contributed by atoms with E-state index in [1.54, 1.807) is 12.1 Å². The Hall–Kier alpha value is -2.44. The van der Waals surface area contributed by atoms with Gasteiger partial charge in [-0.3, -0.25) is 0 Å². The van der Waals surface area contributed by atoms with Crippen LogP contribution >= 0.6 is 0 Å². The number of alkyl halides is 3. The molecule has 0 amide bonds. The number of nitrogens with zero attached hydrogens (tertiary/aromatic N) is 2. The first-order valence-corrected chi connectivity index (χ1v) is 9.56. The summed E-state index contributed by atoms with van der Waals surface area (Å²) in [6, 6.07) is 7.93. The molecule has 4 nitrogen and oxygen atoms in total. The molecule has 2 aromatic rings. The number of benzene rings is 1. The van der Waals surface area contributed by atoms with Crippen molar-refractivity contribution in [1.29, 1.82) is 0 Å². The van der Waals surface area contributed by atoms with Crippen LogP contribution in [0.5, 0.6) is 11.5 Å². The maximum atomic E-state index is 12.8. The second-order valence-corrected chi connectivity index (χ2v) is 7.81. The van der Waals surface area contributed by atoms with Gasteiger partial charge in [0.1, 0.15) is 11.9 Å². The topological polar surface area (TPSA) is 45.6 Å². The number of hydrogen-bond acceptors (Lipinski definition) is 4. The second kappa shape index (κ2) is 7.18. The fourth-order valence-electron chi connectivity index (χ4n) is 4.38. The molecule has 2 heterocycles. The monoisotopic (exact) mass is 392 g/mol. The summed E-state index contributed by atoms with van der Waals surface area (Å²) >= 11 is 0. The first-order chi connectivity index (χ1) is 13.3. The minimum absolute atomic E-state index is 0.00643. The lowest BCUT2D eigenvalue weighted by molar-refractivity contribution is -0.137. The van der Waals surface area contributed by atoms with Crippen molar-refractivity contribution in [2.24, 2.45) is 11.8 Å². The molecule has 1 saturated carbocycles. The summed E-state index contributed by atoms with van der Waals surface area (Å²) < 4.78 is 44.5. The van der Waals surface area contributed by atoms with Gasteiger partial charge in [-0.1, -0.05) is 12.5 Å². The van der Waals surface area contributed by atoms with E-state index in [9.17, 15) is 18.3 Å². The Labute approximate surface area is 162 Å². The number of ether oxygens (including phenoxy) is 1. The predicted octanol–water partition coefficient (Wildman–Crippen LogP) is 4.80. The minimum atomic E-state index is -4.38. The molecule has 2 fully saturated rings. The summed E-state index contributed by atoms with van der Waals surface area (Å²) in [7, 11) is 0. The second-order valence-electron chi connectivity index (χ2n) is 7.81. The molecule has 1 aromatic carbocycles. The van der Waals surface area contributed by atoms with E-state index >= 15 is 0 Å². The van der Waals surface area contributed by atoms with Crippen LogP contribution in [-0.4, -0.2) is 29.3 Å². The van der Waals surface area contributed by atoms with Crippen molar-refractivity contribution in [1.82, 2.24) is 4.98 Å². The number of anilines is 1. The molecule has 0 spiro atoms. The first-order valence-electron chi connectivity index (χ1n) is 9.56. The van der Waals surface area contributed by atoms with Crippen LogP contribution in [-0.2, 0) is 6.18 Å². The van der Waals surface area contributed by atoms with E-state index in [2.05, 4.69) is 9.88 Å². The highest BCUT2D eigenvalue weighted by Crippen LogP contribution is 2.40. The summed E-state index contributed by atoms with van der Waals surface area (Å²) in [4.78, 5) is 6.11. The smallest absolute Gasteiger partial charge is 0.417 e. The van der Waals surface area contributed by atoms with Crippen molar-refractivity contribution in [2.75, 3.05) is 18.0 Å². The molecule has 1 aromatic heterocycles. The Morgan fingerprint density at radius 2 is 1.82 bits per heavy atom. The zero-order valence-corrected chi connectivity index (χ0v) is 15.6. The molecular formula is C21H23F3N2O2. The molecule has 1 aliphatic heterocycles. The quantitative estimate of drug-likeness (QED) is 0.815. The van der Waals surface area contributed by atoms with E-state index in [4.69, 9.17) is 4.74 Å². The van der Waals surface area contributed by atoms with Crippen LogP contribution in [0, 0.1) is 18.8 Å². The number of aromatic nitrogens is 1. The van der Waals surface area contributed by atoms with E-state index in [0.717, 1.165) is 37.1 Å². The molecule has 1 aliphatic carbocycles. The van der Waals surface area contributed by atoms with E-state index in [1.165, 1.54) is 6.07 Å². The molecule has 0 radical (unpaired) electrons. The van der Waals surface area contributed by atoms with Gasteiger partial charge in [-0.15, -0.1) is 0 Å². The third kappa shape index (κ3) is 3.75. The van der Waals surface area contributed by atoms with Crippen molar-refractivity contribution >= 4 is 5.82 Å². The largest absolute Gasteiger partial charge is 0.504 e. The van der Waals surface area contributed by atoms with Gasteiger partial charge in [0.25, 0.3) is 0 Å². The number of halogens is 3. The van der Waals surface area contributed by atoms with Crippen LogP contribution in [0.4, 0.5) is 19.0 Å². The Balaban J connectivity index is 1.50. The highest BCUT2D eigenvalue weighted by molar-refractivity contribution is 5.43. The summed E-state index contributed by atoms with van der Waals surface area (Å²) in [6.45, 7) is 3.28. The third-order valence-electron chi connectivity index (χ3n) is 5.77. The lowest BCUT2D eigenvalue weighted by atomic mass is 9.75. The van der Waals surface area contributed by atoms with Gasteiger partial charge in [-0.25, -0.2) is 4.98 Å². The van der Waals surface area contributed by atoms with Gasteiger partial charge in [0, 0.05) is 31.1 Å². The van der Waals surface area contributed by atoms with Gasteiger partial charge in [0.2, 0.25) is 0 Å². The summed E-state index contributed by atoms with van der Waals surface area (Å²) in [6.07, 6.45) is -0.385. The molecule has 1 saturated heterocycles. The van der Waals surface area contributed by atoms with Crippen molar-refractivity contribution in [3.05, 3.63) is 47.7 Å². The molecule has 1 N–H and O–H groups in total. The Morgan fingerprint density at radius 3 is 2.39 bits per heavy atom. The fraction of sp³-hybridized carbons (Fsp3) is 0.476. The number of rotatable bonds is 3. The van der Waals surface area contributed by atoms with E-state index in [-0.39, 0.29) is 23.7 Å². The molecule has 3 atom stereocenters. The average Bonchev–Trinajstić information content (AvgIpc) is 2.63. The molecule has 7 heteroatoms. The van der Waals surface area contributed by atoms with Gasteiger partial charge in [-0.05, 0) is 49.6 Å². The number of phenols is 1. The Kier molecular flexibility index (Phi) is 4.85. The number of fused-ring (bicyclic) bond motifs is 2. The molecule has 150 valence electrons. The van der Waals surface area contributed by atoms with Gasteiger partial charge < -0.3 is 14.7 Å². The average molecular weight is 392 g/mol. The van der Waals surface area contributed by atoms with Gasteiger partial charge >= 0.3 is 6.18 Å². The molecule has 2 aliphatic rings. The summed E-state index contributed by atoms with van der Waals surface area (Å²) in [5, 5.41) is 10.2. The zero-order chi connectivity index (χ0) is 19.9. The maximum absolute atomic E-state index is 12.8. The lowest BCUT2D eigenvalue weighted by Crippen LogP contribution is -2.54. The third-order valence-corrected chi connectivity index (χ3v) is 5.77. The van der Waals surface area contributed by atoms with Crippen LogP contribution < -0.4 is 9.64 Å². The zero-order valence-electron chi connectivity index (χ0n) is 15.6. The number of phenolic OH excluding ortho intramolecular Hbond substituents is 1. The van der Waals surface area contributed by atoms with Gasteiger partial charge in [0.05, 0.1) is 5.56 Å². The summed E-state index contributed by atoms with van der Waals surface area (Å²) in [5.41, 5.74) is 0.234. The SMILES string of the molecule is Cc1ccc(O[C@@H]2[C@@H]3CCC[C@H]2CN(c2ccc(C(F)(F)F)cn2)C3)c(O)c1. The van der Waals surface area contributed by atoms with Gasteiger partial charge in [0.15, 0.2) is 11.5 Å². The predicted molar refractivity (Wildman–Crippen MR) is 99.5 cm³/mol. The highest BCUT2D eigenvalue weighted by Gasteiger charge is 2.42. The fourth-order valence-corrected chi connectivity index (χ4v) is 4.38. The van der Waals surface area contributed by atoms with Crippen LogP contribution in [0.15, 0.2) is 36.5 Å². The van der Waals surface area contributed by atoms with E-state index < -0.39 is 11.7 Å². The summed E-state index contributed by atoms with van der Waals surface area (Å²) in [5.74, 6) is 1.70. The maximum Gasteiger partial charge on any atom is 0.417 e. The number of aromatic hydroxyl groups is 1. The number of pyridine rings is 1. The molecule has 4 rings (SSSR count). The first kappa shape index (κ1) is 18.9. The standard InChI is InChI=1S/C21H23F3N2O2/c1-13-5-7-18(17(27)9-13)28-20-14-3-2-4-15(20)12-26(11-14)19-8-6-16(10-25-19)21(22,23)24/h5-10,14-15,20,27H,2-4,11-12H2,1H3/t14-,15+,20-. The highest BCUT2D eigenvalue weighted by atomic mass is 19.4. The molecule has 28 heavy (non-hydrogen) atoms. The van der Waals surface area contributed by atoms with E-state index in [0.29, 0.717) is 24.7 Å². The normalized spacial score (nSPS) is 24.9. The molecular weight excluding hydrogens is 369 g/mol. The van der Waals surface area contributed by atoms with Crippen LogP contribution in [0.25, 0.3) is 0 Å². The number of aryl methyl sites for hydroxylation is 1. The Morgan fingerprint density at radius 1 is 1.11 bits per heavy atom. The van der Waals surface area contributed by atoms with Crippen LogP contribution in [0.1, 0.15) is 30.4 Å². The van der Waals surface area contributed by atoms with Crippen molar-refractivity contribution < 1.29 is 23.0 Å². The number of piperidine rings is 1. The minimum Gasteiger partial charge on any atom is -0.504 e. The Bertz CT molecular complexity index is 825. The van der Waals surface area contributed by atoms with Crippen LogP contribution in [0.2, 0.25) is 0 Å². The lowest BCUT2D eigenvalue weighted by Gasteiger charge is -2.47. The number of hydrogen-bond donors (Lipinski definition) is 1. The van der Waals surface area contributed by atoms with Crippen molar-refractivity contribution in [2.45, 2.75) is 38.5 Å². The molecule has 0 unspecified atom stereocenters. The van der Waals surface area contributed by atoms with Gasteiger partial charge in [-0.2, -0.15) is 13.2 Å².